The van der Waals surface area contributed by atoms with Crippen LogP contribution in [0.2, 0.25) is 0 Å². The van der Waals surface area contributed by atoms with E-state index < -0.39 is 0 Å². The van der Waals surface area contributed by atoms with E-state index in [0.717, 1.165) is 31.9 Å². The lowest BCUT2D eigenvalue weighted by atomic mass is 10.0. The van der Waals surface area contributed by atoms with Crippen molar-refractivity contribution in [3.05, 3.63) is 0 Å². The molecule has 0 aliphatic heterocycles. The van der Waals surface area contributed by atoms with Crippen LogP contribution >= 0.6 is 11.6 Å². The molecule has 0 amide bonds. The smallest absolute Gasteiger partial charge is 0.0469 e. The van der Waals surface area contributed by atoms with Crippen LogP contribution in [-0.4, -0.2) is 19.1 Å². The average molecular weight is 193 g/mol. The zero-order valence-electron chi connectivity index (χ0n) is 8.31. The van der Waals surface area contributed by atoms with Gasteiger partial charge in [0.2, 0.25) is 0 Å². The monoisotopic (exact) mass is 192 g/mol. The first kappa shape index (κ1) is 12.2. The second kappa shape index (κ2) is 9.34. The van der Waals surface area contributed by atoms with Gasteiger partial charge in [-0.1, -0.05) is 20.3 Å². The van der Waals surface area contributed by atoms with Gasteiger partial charge in [-0.05, 0) is 25.2 Å². The van der Waals surface area contributed by atoms with E-state index >= 15 is 0 Å². The number of ether oxygens (including phenoxy) is 1. The molecule has 0 heterocycles. The molecule has 0 saturated heterocycles. The Bertz CT molecular complexity index is 85.9. The molecule has 0 aromatic carbocycles. The first-order valence-corrected chi connectivity index (χ1v) is 5.52. The number of hydrogen-bond acceptors (Lipinski definition) is 1. The molecule has 1 unspecified atom stereocenters. The zero-order valence-corrected chi connectivity index (χ0v) is 9.07. The minimum Gasteiger partial charge on any atom is -0.381 e. The minimum atomic E-state index is 0.661. The highest BCUT2D eigenvalue weighted by Gasteiger charge is 2.04. The third-order valence-electron chi connectivity index (χ3n) is 1.93. The van der Waals surface area contributed by atoms with Crippen LogP contribution in [0.15, 0.2) is 0 Å². The van der Waals surface area contributed by atoms with Crippen LogP contribution < -0.4 is 0 Å². The fraction of sp³-hybridized carbons (Fsp3) is 1.00. The molecule has 0 bridgehead atoms. The number of hydrogen-bond donors (Lipinski definition) is 0. The third kappa shape index (κ3) is 6.93. The van der Waals surface area contributed by atoms with Crippen molar-refractivity contribution in [3.63, 3.8) is 0 Å². The molecule has 0 aliphatic carbocycles. The number of halogens is 1. The van der Waals surface area contributed by atoms with E-state index in [1.165, 1.54) is 12.8 Å². The molecule has 74 valence electrons. The second-order valence-electron chi connectivity index (χ2n) is 3.21. The molecule has 0 N–H and O–H groups in total. The van der Waals surface area contributed by atoms with Gasteiger partial charge in [-0.3, -0.25) is 0 Å². The highest BCUT2D eigenvalue weighted by atomic mass is 35.5. The van der Waals surface area contributed by atoms with E-state index in [9.17, 15) is 0 Å². The van der Waals surface area contributed by atoms with Crippen molar-refractivity contribution in [2.45, 2.75) is 39.5 Å². The molecular weight excluding hydrogens is 172 g/mol. The van der Waals surface area contributed by atoms with Gasteiger partial charge in [0.1, 0.15) is 0 Å². The molecule has 12 heavy (non-hydrogen) atoms. The van der Waals surface area contributed by atoms with E-state index in [1.807, 2.05) is 0 Å². The standard InChI is InChI=1S/C10H21ClO/c1-3-5-10(9-11)6-8-12-7-4-2/h10H,3-9H2,1-2H3. The van der Waals surface area contributed by atoms with Crippen LogP contribution in [0.3, 0.4) is 0 Å². The van der Waals surface area contributed by atoms with Crippen LogP contribution in [0.25, 0.3) is 0 Å². The van der Waals surface area contributed by atoms with Crippen LogP contribution in [0.1, 0.15) is 39.5 Å². The summed E-state index contributed by atoms with van der Waals surface area (Å²) in [5, 5.41) is 0. The summed E-state index contributed by atoms with van der Waals surface area (Å²) < 4.78 is 5.40. The highest BCUT2D eigenvalue weighted by Crippen LogP contribution is 2.12. The summed E-state index contributed by atoms with van der Waals surface area (Å²) in [4.78, 5) is 0. The van der Waals surface area contributed by atoms with E-state index in [2.05, 4.69) is 13.8 Å². The summed E-state index contributed by atoms with van der Waals surface area (Å²) in [5.41, 5.74) is 0. The maximum atomic E-state index is 5.80. The van der Waals surface area contributed by atoms with Gasteiger partial charge in [0.25, 0.3) is 0 Å². The summed E-state index contributed by atoms with van der Waals surface area (Å²) in [6.45, 7) is 6.10. The molecule has 0 aliphatic rings. The topological polar surface area (TPSA) is 9.23 Å². The number of alkyl halides is 1. The molecule has 1 atom stereocenters. The quantitative estimate of drug-likeness (QED) is 0.423. The first-order chi connectivity index (χ1) is 5.85. The molecule has 0 aromatic rings. The Balaban J connectivity index is 3.19. The van der Waals surface area contributed by atoms with Crippen molar-refractivity contribution in [1.29, 1.82) is 0 Å². The van der Waals surface area contributed by atoms with Crippen molar-refractivity contribution in [3.8, 4) is 0 Å². The number of rotatable bonds is 8. The lowest BCUT2D eigenvalue weighted by molar-refractivity contribution is 0.121. The molecule has 0 saturated carbocycles. The van der Waals surface area contributed by atoms with Crippen molar-refractivity contribution < 1.29 is 4.74 Å². The fourth-order valence-corrected chi connectivity index (χ4v) is 1.51. The van der Waals surface area contributed by atoms with Gasteiger partial charge in [-0.25, -0.2) is 0 Å². The van der Waals surface area contributed by atoms with Gasteiger partial charge in [0.15, 0.2) is 0 Å². The zero-order chi connectivity index (χ0) is 9.23. The Morgan fingerprint density at radius 2 is 1.83 bits per heavy atom. The van der Waals surface area contributed by atoms with E-state index in [1.54, 1.807) is 0 Å². The van der Waals surface area contributed by atoms with Gasteiger partial charge in [0.05, 0.1) is 0 Å². The Morgan fingerprint density at radius 3 is 2.33 bits per heavy atom. The largest absolute Gasteiger partial charge is 0.381 e. The molecule has 0 aromatic heterocycles. The predicted octanol–water partition coefficient (Wildman–Crippen LogP) is 3.46. The van der Waals surface area contributed by atoms with E-state index in [0.29, 0.717) is 5.92 Å². The molecule has 0 fully saturated rings. The molecule has 1 nitrogen and oxygen atoms in total. The Kier molecular flexibility index (Phi) is 9.53. The molecule has 0 spiro atoms. The van der Waals surface area contributed by atoms with Gasteiger partial charge in [0, 0.05) is 19.1 Å². The summed E-state index contributed by atoms with van der Waals surface area (Å²) in [7, 11) is 0. The Hall–Kier alpha value is 0.250. The summed E-state index contributed by atoms with van der Waals surface area (Å²) in [6, 6.07) is 0. The lowest BCUT2D eigenvalue weighted by Crippen LogP contribution is -2.07. The first-order valence-electron chi connectivity index (χ1n) is 4.98. The van der Waals surface area contributed by atoms with Crippen molar-refractivity contribution in [2.24, 2.45) is 5.92 Å². The molecular formula is C10H21ClO. The van der Waals surface area contributed by atoms with Crippen molar-refractivity contribution in [1.82, 2.24) is 0 Å². The minimum absolute atomic E-state index is 0.661. The summed E-state index contributed by atoms with van der Waals surface area (Å²) in [5.74, 6) is 1.44. The summed E-state index contributed by atoms with van der Waals surface area (Å²) in [6.07, 6.45) is 4.70. The average Bonchev–Trinajstić information content (AvgIpc) is 2.10. The van der Waals surface area contributed by atoms with E-state index in [4.69, 9.17) is 16.3 Å². The van der Waals surface area contributed by atoms with E-state index in [-0.39, 0.29) is 0 Å². The SMILES string of the molecule is CCCOCCC(CCl)CCC. The Labute approximate surface area is 81.4 Å². The Morgan fingerprint density at radius 1 is 1.08 bits per heavy atom. The fourth-order valence-electron chi connectivity index (χ4n) is 1.20. The molecule has 2 heteroatoms. The maximum absolute atomic E-state index is 5.80. The van der Waals surface area contributed by atoms with Crippen LogP contribution in [0.5, 0.6) is 0 Å². The van der Waals surface area contributed by atoms with Crippen molar-refractivity contribution >= 4 is 11.6 Å². The third-order valence-corrected chi connectivity index (χ3v) is 2.37. The van der Waals surface area contributed by atoms with Gasteiger partial charge >= 0.3 is 0 Å². The van der Waals surface area contributed by atoms with Gasteiger partial charge < -0.3 is 4.74 Å². The van der Waals surface area contributed by atoms with Gasteiger partial charge in [-0.15, -0.1) is 11.6 Å². The second-order valence-corrected chi connectivity index (χ2v) is 3.52. The van der Waals surface area contributed by atoms with Crippen LogP contribution in [0, 0.1) is 5.92 Å². The maximum Gasteiger partial charge on any atom is 0.0469 e. The lowest BCUT2D eigenvalue weighted by Gasteiger charge is -2.11. The van der Waals surface area contributed by atoms with Crippen molar-refractivity contribution in [2.75, 3.05) is 19.1 Å². The molecule has 0 rings (SSSR count). The normalized spacial score (nSPS) is 13.2. The van der Waals surface area contributed by atoms with Crippen LogP contribution in [-0.2, 0) is 4.74 Å². The van der Waals surface area contributed by atoms with Crippen LogP contribution in [0.4, 0.5) is 0 Å². The predicted molar refractivity (Wildman–Crippen MR) is 54.8 cm³/mol. The summed E-state index contributed by atoms with van der Waals surface area (Å²) >= 11 is 5.80. The highest BCUT2D eigenvalue weighted by molar-refractivity contribution is 6.18. The van der Waals surface area contributed by atoms with Gasteiger partial charge in [-0.2, -0.15) is 0 Å². The molecule has 0 radical (unpaired) electrons.